The fourth-order valence-electron chi connectivity index (χ4n) is 2.56. The highest BCUT2D eigenvalue weighted by Crippen LogP contribution is 2.25. The van der Waals surface area contributed by atoms with E-state index < -0.39 is 10.0 Å². The molecule has 3 aromatic rings. The van der Waals surface area contributed by atoms with Crippen molar-refractivity contribution < 1.29 is 13.5 Å². The Kier molecular flexibility index (Phi) is 5.57. The number of aliphatic hydroxyl groups excluding tert-OH is 1. The third-order valence-corrected chi connectivity index (χ3v) is 5.53. The Morgan fingerprint density at radius 2 is 1.48 bits per heavy atom. The van der Waals surface area contributed by atoms with Gasteiger partial charge in [0.2, 0.25) is 0 Å². The second-order valence-electron chi connectivity index (χ2n) is 6.51. The highest BCUT2D eigenvalue weighted by molar-refractivity contribution is 7.92. The number of para-hydroxylation sites is 2. The average molecular weight is 386 g/mol. The number of anilines is 2. The van der Waals surface area contributed by atoms with Gasteiger partial charge in [-0.2, -0.15) is 0 Å². The molecule has 0 radical (unpaired) electrons. The van der Waals surface area contributed by atoms with Crippen LogP contribution in [-0.4, -0.2) is 36.1 Å². The molecule has 0 saturated heterocycles. The highest BCUT2D eigenvalue weighted by Gasteiger charge is 2.21. The van der Waals surface area contributed by atoms with Gasteiger partial charge in [0.15, 0.2) is 11.6 Å². The monoisotopic (exact) mass is 386 g/mol. The van der Waals surface area contributed by atoms with Gasteiger partial charge < -0.3 is 10.4 Å². The quantitative estimate of drug-likeness (QED) is 0.577. The van der Waals surface area contributed by atoms with E-state index in [-0.39, 0.29) is 35.1 Å². The van der Waals surface area contributed by atoms with E-state index in [1.54, 1.807) is 30.3 Å². The number of hydrogen-bond acceptors (Lipinski definition) is 6. The number of rotatable bonds is 7. The first-order valence-electron chi connectivity index (χ1n) is 8.63. The first-order chi connectivity index (χ1) is 12.9. The molecule has 0 bridgehead atoms. The van der Waals surface area contributed by atoms with Gasteiger partial charge in [0, 0.05) is 0 Å². The highest BCUT2D eigenvalue weighted by atomic mass is 32.2. The van der Waals surface area contributed by atoms with Crippen molar-refractivity contribution in [2.24, 2.45) is 5.92 Å². The van der Waals surface area contributed by atoms with Crippen LogP contribution in [0.25, 0.3) is 11.0 Å². The van der Waals surface area contributed by atoms with E-state index in [1.165, 1.54) is 12.1 Å². The van der Waals surface area contributed by atoms with Gasteiger partial charge in [0.25, 0.3) is 10.0 Å². The standard InChI is InChI=1S/C19H22N4O3S/c1-13(2)17(12-24)22-18-19(21-16-11-7-6-10-15(16)20-18)23-27(25,26)14-8-4-3-5-9-14/h3-11,13,17,24H,12H2,1-2H3,(H,20,22)(H,21,23)/t17-/m1/s1. The molecule has 0 spiro atoms. The fourth-order valence-corrected chi connectivity index (χ4v) is 3.59. The number of nitrogens with zero attached hydrogens (tertiary/aromatic N) is 2. The van der Waals surface area contributed by atoms with Gasteiger partial charge in [-0.3, -0.25) is 4.72 Å². The third-order valence-electron chi connectivity index (χ3n) is 4.18. The van der Waals surface area contributed by atoms with Crippen molar-refractivity contribution in [2.45, 2.75) is 24.8 Å². The molecule has 27 heavy (non-hydrogen) atoms. The van der Waals surface area contributed by atoms with Gasteiger partial charge in [-0.1, -0.05) is 44.2 Å². The minimum atomic E-state index is -3.82. The predicted molar refractivity (Wildman–Crippen MR) is 106 cm³/mol. The number of benzene rings is 2. The van der Waals surface area contributed by atoms with Crippen LogP contribution < -0.4 is 10.0 Å². The summed E-state index contributed by atoms with van der Waals surface area (Å²) in [5.41, 5.74) is 1.20. The number of hydrogen-bond donors (Lipinski definition) is 3. The van der Waals surface area contributed by atoms with Crippen LogP contribution in [0.3, 0.4) is 0 Å². The van der Waals surface area contributed by atoms with Gasteiger partial charge in [-0.25, -0.2) is 18.4 Å². The van der Waals surface area contributed by atoms with Crippen molar-refractivity contribution in [3.8, 4) is 0 Å². The summed E-state index contributed by atoms with van der Waals surface area (Å²) >= 11 is 0. The summed E-state index contributed by atoms with van der Waals surface area (Å²) in [7, 11) is -3.82. The molecule has 1 atom stereocenters. The first-order valence-corrected chi connectivity index (χ1v) is 10.1. The minimum Gasteiger partial charge on any atom is -0.394 e. The van der Waals surface area contributed by atoms with Crippen LogP contribution in [0.2, 0.25) is 0 Å². The maximum atomic E-state index is 12.7. The third kappa shape index (κ3) is 4.35. The van der Waals surface area contributed by atoms with Crippen molar-refractivity contribution >= 4 is 32.7 Å². The van der Waals surface area contributed by atoms with Crippen molar-refractivity contribution in [1.82, 2.24) is 9.97 Å². The normalized spacial score (nSPS) is 12.9. The molecule has 8 heteroatoms. The minimum absolute atomic E-state index is 0.0941. The molecule has 7 nitrogen and oxygen atoms in total. The summed E-state index contributed by atoms with van der Waals surface area (Å²) in [5.74, 6) is 0.486. The number of fused-ring (bicyclic) bond motifs is 1. The summed E-state index contributed by atoms with van der Waals surface area (Å²) < 4.78 is 28.0. The van der Waals surface area contributed by atoms with Crippen LogP contribution in [0.4, 0.5) is 11.6 Å². The van der Waals surface area contributed by atoms with Crippen LogP contribution in [0.1, 0.15) is 13.8 Å². The molecule has 0 unspecified atom stereocenters. The molecular weight excluding hydrogens is 364 g/mol. The zero-order chi connectivity index (χ0) is 19.4. The Balaban J connectivity index is 2.05. The lowest BCUT2D eigenvalue weighted by molar-refractivity contribution is 0.249. The summed E-state index contributed by atoms with van der Waals surface area (Å²) in [6.45, 7) is 3.80. The van der Waals surface area contributed by atoms with E-state index in [9.17, 15) is 13.5 Å². The van der Waals surface area contributed by atoms with E-state index in [1.807, 2.05) is 26.0 Å². The largest absolute Gasteiger partial charge is 0.394 e. The fraction of sp³-hybridized carbons (Fsp3) is 0.263. The first kappa shape index (κ1) is 19.1. The second kappa shape index (κ2) is 7.89. The molecule has 3 N–H and O–H groups in total. The molecule has 0 aliphatic rings. The average Bonchev–Trinajstić information content (AvgIpc) is 2.66. The number of sulfonamides is 1. The van der Waals surface area contributed by atoms with Gasteiger partial charge >= 0.3 is 0 Å². The lowest BCUT2D eigenvalue weighted by Crippen LogP contribution is -2.30. The summed E-state index contributed by atoms with van der Waals surface area (Å²) in [6, 6.07) is 15.0. The molecule has 0 saturated carbocycles. The SMILES string of the molecule is CC(C)[C@@H](CO)Nc1nc2ccccc2nc1NS(=O)(=O)c1ccccc1. The number of aliphatic hydroxyl groups is 1. The molecule has 1 heterocycles. The Morgan fingerprint density at radius 3 is 2.04 bits per heavy atom. The second-order valence-corrected chi connectivity index (χ2v) is 8.19. The summed E-state index contributed by atoms with van der Waals surface area (Å²) in [5, 5.41) is 12.7. The van der Waals surface area contributed by atoms with E-state index >= 15 is 0 Å². The maximum Gasteiger partial charge on any atom is 0.263 e. The lowest BCUT2D eigenvalue weighted by Gasteiger charge is -2.22. The Bertz CT molecular complexity index is 1020. The zero-order valence-corrected chi connectivity index (χ0v) is 15.9. The molecule has 0 aliphatic heterocycles. The topological polar surface area (TPSA) is 104 Å². The molecule has 0 amide bonds. The van der Waals surface area contributed by atoms with Crippen LogP contribution in [0.15, 0.2) is 59.5 Å². The Morgan fingerprint density at radius 1 is 0.926 bits per heavy atom. The van der Waals surface area contributed by atoms with Crippen molar-refractivity contribution in [2.75, 3.05) is 16.6 Å². The zero-order valence-electron chi connectivity index (χ0n) is 15.1. The van der Waals surface area contributed by atoms with Gasteiger partial charge in [0.05, 0.1) is 28.6 Å². The van der Waals surface area contributed by atoms with Crippen molar-refractivity contribution in [3.63, 3.8) is 0 Å². The van der Waals surface area contributed by atoms with Crippen LogP contribution in [0.5, 0.6) is 0 Å². The lowest BCUT2D eigenvalue weighted by atomic mass is 10.1. The van der Waals surface area contributed by atoms with Crippen LogP contribution in [0, 0.1) is 5.92 Å². The van der Waals surface area contributed by atoms with Crippen LogP contribution in [-0.2, 0) is 10.0 Å². The smallest absolute Gasteiger partial charge is 0.263 e. The molecule has 3 rings (SSSR count). The molecular formula is C19H22N4O3S. The number of nitrogens with one attached hydrogen (secondary N) is 2. The Labute approximate surface area is 158 Å². The van der Waals surface area contributed by atoms with Crippen molar-refractivity contribution in [3.05, 3.63) is 54.6 Å². The Hall–Kier alpha value is -2.71. The van der Waals surface area contributed by atoms with E-state index in [0.29, 0.717) is 11.0 Å². The van der Waals surface area contributed by atoms with Gasteiger partial charge in [-0.05, 0) is 30.2 Å². The molecule has 142 valence electrons. The molecule has 2 aromatic carbocycles. The van der Waals surface area contributed by atoms with Gasteiger partial charge in [0.1, 0.15) is 0 Å². The summed E-state index contributed by atoms with van der Waals surface area (Å²) in [6.07, 6.45) is 0. The van der Waals surface area contributed by atoms with E-state index in [2.05, 4.69) is 20.0 Å². The predicted octanol–water partition coefficient (Wildman–Crippen LogP) is 2.86. The molecule has 0 aliphatic carbocycles. The summed E-state index contributed by atoms with van der Waals surface area (Å²) in [4.78, 5) is 9.08. The molecule has 0 fully saturated rings. The van der Waals surface area contributed by atoms with Gasteiger partial charge in [-0.15, -0.1) is 0 Å². The van der Waals surface area contributed by atoms with Crippen LogP contribution >= 0.6 is 0 Å². The maximum absolute atomic E-state index is 12.7. The van der Waals surface area contributed by atoms with E-state index in [4.69, 9.17) is 0 Å². The van der Waals surface area contributed by atoms with Crippen molar-refractivity contribution in [1.29, 1.82) is 0 Å². The molecule has 1 aromatic heterocycles. The van der Waals surface area contributed by atoms with E-state index in [0.717, 1.165) is 0 Å². The number of aromatic nitrogens is 2.